The molecule has 110 valence electrons. The van der Waals surface area contributed by atoms with Crippen molar-refractivity contribution in [2.75, 3.05) is 7.05 Å². The van der Waals surface area contributed by atoms with E-state index < -0.39 is 29.3 Å². The molecule has 0 bridgehead atoms. The molecule has 0 saturated heterocycles. The van der Waals surface area contributed by atoms with Gasteiger partial charge in [0.1, 0.15) is 17.1 Å². The first-order chi connectivity index (χ1) is 9.16. The van der Waals surface area contributed by atoms with Crippen molar-refractivity contribution in [3.63, 3.8) is 0 Å². The van der Waals surface area contributed by atoms with Gasteiger partial charge in [-0.05, 0) is 45.0 Å². The van der Waals surface area contributed by atoms with Gasteiger partial charge in [-0.3, -0.25) is 4.79 Å². The largest absolute Gasteiger partial charge is 0.481 e. The van der Waals surface area contributed by atoms with E-state index in [9.17, 15) is 14.0 Å². The van der Waals surface area contributed by atoms with Crippen LogP contribution in [0.2, 0.25) is 0 Å². The Hall–Kier alpha value is -2.11. The smallest absolute Gasteiger partial charge is 0.329 e. The summed E-state index contributed by atoms with van der Waals surface area (Å²) in [4.78, 5) is 24.4. The maximum atomic E-state index is 12.8. The van der Waals surface area contributed by atoms with Crippen molar-refractivity contribution >= 4 is 11.9 Å². The molecule has 6 heteroatoms. The summed E-state index contributed by atoms with van der Waals surface area (Å²) in [5, 5.41) is 9.09. The number of likely N-dealkylation sites (N-methyl/N-ethyl adjacent to an activating group) is 1. The number of carbonyl (C=O) groups is 2. The lowest BCUT2D eigenvalue weighted by Gasteiger charge is -2.33. The molecule has 0 fully saturated rings. The first kappa shape index (κ1) is 15.9. The lowest BCUT2D eigenvalue weighted by atomic mass is 10.0. The monoisotopic (exact) mass is 283 g/mol. The molecule has 1 N–H and O–H groups in total. The fourth-order valence-corrected chi connectivity index (χ4v) is 1.46. The second kappa shape index (κ2) is 5.90. The van der Waals surface area contributed by atoms with Crippen molar-refractivity contribution < 1.29 is 23.8 Å². The van der Waals surface area contributed by atoms with E-state index in [0.29, 0.717) is 5.75 Å². The van der Waals surface area contributed by atoms with Gasteiger partial charge in [0.05, 0.1) is 0 Å². The molecule has 0 aliphatic rings. The lowest BCUT2D eigenvalue weighted by molar-refractivity contribution is -0.157. The van der Waals surface area contributed by atoms with Gasteiger partial charge in [0.25, 0.3) is 5.91 Å². The highest BCUT2D eigenvalue weighted by Gasteiger charge is 2.37. The Morgan fingerprint density at radius 3 is 2.25 bits per heavy atom. The third-order valence-electron chi connectivity index (χ3n) is 3.17. The van der Waals surface area contributed by atoms with E-state index in [0.717, 1.165) is 4.90 Å². The second-order valence-corrected chi connectivity index (χ2v) is 4.98. The van der Waals surface area contributed by atoms with Crippen LogP contribution in [-0.2, 0) is 9.59 Å². The number of carbonyl (C=O) groups excluding carboxylic acids is 1. The van der Waals surface area contributed by atoms with Gasteiger partial charge in [0.15, 0.2) is 6.10 Å². The first-order valence-corrected chi connectivity index (χ1v) is 6.09. The van der Waals surface area contributed by atoms with Gasteiger partial charge in [-0.1, -0.05) is 0 Å². The fraction of sp³-hybridized carbons (Fsp3) is 0.429. The molecular formula is C14H18FNO4. The van der Waals surface area contributed by atoms with Crippen LogP contribution in [0, 0.1) is 5.82 Å². The van der Waals surface area contributed by atoms with Crippen LogP contribution in [0.25, 0.3) is 0 Å². The van der Waals surface area contributed by atoms with E-state index in [4.69, 9.17) is 9.84 Å². The average molecular weight is 283 g/mol. The fourth-order valence-electron chi connectivity index (χ4n) is 1.46. The summed E-state index contributed by atoms with van der Waals surface area (Å²) in [6.45, 7) is 4.37. The third-order valence-corrected chi connectivity index (χ3v) is 3.17. The number of benzene rings is 1. The van der Waals surface area contributed by atoms with Gasteiger partial charge in [0.2, 0.25) is 0 Å². The number of hydrogen-bond acceptors (Lipinski definition) is 3. The van der Waals surface area contributed by atoms with Crippen LogP contribution in [0.4, 0.5) is 4.39 Å². The van der Waals surface area contributed by atoms with Crippen LogP contribution >= 0.6 is 0 Å². The second-order valence-electron chi connectivity index (χ2n) is 4.98. The predicted molar refractivity (Wildman–Crippen MR) is 71.0 cm³/mol. The van der Waals surface area contributed by atoms with Crippen molar-refractivity contribution in [1.82, 2.24) is 4.90 Å². The Morgan fingerprint density at radius 2 is 1.80 bits per heavy atom. The van der Waals surface area contributed by atoms with Gasteiger partial charge in [0, 0.05) is 7.05 Å². The molecule has 5 nitrogen and oxygen atoms in total. The Balaban J connectivity index is 2.77. The minimum atomic E-state index is -1.34. The Labute approximate surface area is 117 Å². The van der Waals surface area contributed by atoms with Gasteiger partial charge in [-0.15, -0.1) is 0 Å². The zero-order valence-corrected chi connectivity index (χ0v) is 11.9. The molecule has 0 aromatic heterocycles. The van der Waals surface area contributed by atoms with Gasteiger partial charge in [-0.2, -0.15) is 0 Å². The normalized spacial score (nSPS) is 12.7. The summed E-state index contributed by atoms with van der Waals surface area (Å²) in [5.41, 5.74) is -1.34. The van der Waals surface area contributed by atoms with E-state index in [1.54, 1.807) is 0 Å². The number of carboxylic acids is 1. The summed E-state index contributed by atoms with van der Waals surface area (Å²) in [7, 11) is 1.40. The highest BCUT2D eigenvalue weighted by Crippen LogP contribution is 2.17. The summed E-state index contributed by atoms with van der Waals surface area (Å²) < 4.78 is 18.1. The van der Waals surface area contributed by atoms with Crippen molar-refractivity contribution in [2.45, 2.75) is 32.4 Å². The Kier molecular flexibility index (Phi) is 4.70. The molecule has 1 aromatic carbocycles. The highest BCUT2D eigenvalue weighted by molar-refractivity contribution is 5.88. The molecule has 0 heterocycles. The third kappa shape index (κ3) is 3.46. The Bertz CT molecular complexity index is 498. The quantitative estimate of drug-likeness (QED) is 0.896. The molecule has 0 saturated carbocycles. The van der Waals surface area contributed by atoms with Crippen LogP contribution in [0.3, 0.4) is 0 Å². The number of hydrogen-bond donors (Lipinski definition) is 1. The highest BCUT2D eigenvalue weighted by atomic mass is 19.1. The molecule has 1 unspecified atom stereocenters. The van der Waals surface area contributed by atoms with Crippen LogP contribution < -0.4 is 4.74 Å². The number of ether oxygens (including phenoxy) is 1. The topological polar surface area (TPSA) is 66.8 Å². The Morgan fingerprint density at radius 1 is 1.30 bits per heavy atom. The number of amides is 1. The lowest BCUT2D eigenvalue weighted by Crippen LogP contribution is -2.54. The number of halogens is 1. The number of nitrogens with zero attached hydrogens (tertiary/aromatic N) is 1. The molecule has 0 spiro atoms. The SMILES string of the molecule is CC(Oc1ccc(F)cc1)C(=O)N(C)C(C)(C)C(=O)O. The van der Waals surface area contributed by atoms with Gasteiger partial charge >= 0.3 is 5.97 Å². The molecule has 1 amide bonds. The summed E-state index contributed by atoms with van der Waals surface area (Å²) in [5.74, 6) is -1.64. The van der Waals surface area contributed by atoms with Crippen molar-refractivity contribution in [3.05, 3.63) is 30.1 Å². The number of rotatable bonds is 5. The minimum absolute atomic E-state index is 0.341. The molecular weight excluding hydrogens is 265 g/mol. The summed E-state index contributed by atoms with van der Waals surface area (Å²) in [6, 6.07) is 5.25. The van der Waals surface area contributed by atoms with Gasteiger partial charge < -0.3 is 14.7 Å². The maximum Gasteiger partial charge on any atom is 0.329 e. The zero-order valence-electron chi connectivity index (χ0n) is 11.9. The standard InChI is InChI=1S/C14H18FNO4/c1-9(20-11-7-5-10(15)6-8-11)12(17)16(4)14(2,3)13(18)19/h5-9H,1-4H3,(H,18,19). The zero-order chi connectivity index (χ0) is 15.5. The molecule has 0 aliphatic carbocycles. The number of carboxylic acid groups (broad SMARTS) is 1. The molecule has 1 aromatic rings. The van der Waals surface area contributed by atoms with E-state index >= 15 is 0 Å². The van der Waals surface area contributed by atoms with Crippen LogP contribution in [-0.4, -0.2) is 40.6 Å². The predicted octanol–water partition coefficient (Wildman–Crippen LogP) is 1.91. The van der Waals surface area contributed by atoms with Crippen LogP contribution in [0.15, 0.2) is 24.3 Å². The molecule has 1 atom stereocenters. The van der Waals surface area contributed by atoms with E-state index in [-0.39, 0.29) is 0 Å². The van der Waals surface area contributed by atoms with E-state index in [1.165, 1.54) is 52.1 Å². The van der Waals surface area contributed by atoms with Crippen LogP contribution in [0.5, 0.6) is 5.75 Å². The molecule has 0 radical (unpaired) electrons. The van der Waals surface area contributed by atoms with Crippen molar-refractivity contribution in [3.8, 4) is 5.75 Å². The van der Waals surface area contributed by atoms with Crippen LogP contribution in [0.1, 0.15) is 20.8 Å². The van der Waals surface area contributed by atoms with Crippen molar-refractivity contribution in [2.24, 2.45) is 0 Å². The molecule has 1 rings (SSSR count). The number of aliphatic carboxylic acids is 1. The van der Waals surface area contributed by atoms with Crippen molar-refractivity contribution in [1.29, 1.82) is 0 Å². The molecule has 0 aliphatic heterocycles. The molecule has 20 heavy (non-hydrogen) atoms. The summed E-state index contributed by atoms with van der Waals surface area (Å²) in [6.07, 6.45) is -0.871. The first-order valence-electron chi connectivity index (χ1n) is 6.09. The minimum Gasteiger partial charge on any atom is -0.481 e. The van der Waals surface area contributed by atoms with Gasteiger partial charge in [-0.25, -0.2) is 9.18 Å². The average Bonchev–Trinajstić information content (AvgIpc) is 2.39. The van der Waals surface area contributed by atoms with E-state index in [2.05, 4.69) is 0 Å². The summed E-state index contributed by atoms with van der Waals surface area (Å²) >= 11 is 0. The van der Waals surface area contributed by atoms with E-state index in [1.807, 2.05) is 0 Å². The maximum absolute atomic E-state index is 12.8.